The molecule has 0 bridgehead atoms. The first-order valence-corrected chi connectivity index (χ1v) is 21.6. The van der Waals surface area contributed by atoms with Gasteiger partial charge in [-0.15, -0.1) is 19.6 Å². The van der Waals surface area contributed by atoms with E-state index in [1.165, 1.54) is 33.4 Å². The van der Waals surface area contributed by atoms with Gasteiger partial charge in [-0.25, -0.2) is 0 Å². The molecule has 0 aliphatic rings. The fraction of sp³-hybridized carbons (Fsp3) is 0.211. The Labute approximate surface area is 395 Å². The molecule has 0 amide bonds. The first kappa shape index (κ1) is 51.8. The van der Waals surface area contributed by atoms with Gasteiger partial charge in [0.05, 0.1) is 19.6 Å². The summed E-state index contributed by atoms with van der Waals surface area (Å²) in [7, 11) is 0. The third kappa shape index (κ3) is 23.6. The largest absolute Gasteiger partial charge is 3.00 e. The molecule has 7 heteroatoms. The smallest absolute Gasteiger partial charge is 0.684 e. The standard InChI is InChI=1S/3C19H21N2.Cr/c3*1-16(20-14-18-9-5-3-6-10-18)13-17(2)21-15-19-11-7-4-8-12-19;/h3*3-13H,14-15H2,1-2H3;/q3*-1;+3/b3*16-13-,21-17?;. The van der Waals surface area contributed by atoms with Crippen LogP contribution in [0.25, 0.3) is 16.0 Å². The molecule has 6 aromatic rings. The number of benzene rings is 6. The van der Waals surface area contributed by atoms with Crippen LogP contribution in [0.2, 0.25) is 0 Å². The number of allylic oxidation sites excluding steroid dienone is 6. The summed E-state index contributed by atoms with van der Waals surface area (Å²) in [6.45, 7) is 16.4. The predicted molar refractivity (Wildman–Crippen MR) is 272 cm³/mol. The molecule has 0 saturated carbocycles. The van der Waals surface area contributed by atoms with Crippen molar-refractivity contribution in [1.29, 1.82) is 0 Å². The van der Waals surface area contributed by atoms with Crippen molar-refractivity contribution in [2.45, 2.75) is 80.8 Å². The zero-order valence-corrected chi connectivity index (χ0v) is 39.7. The molecule has 0 atom stereocenters. The zero-order chi connectivity index (χ0) is 44.7. The van der Waals surface area contributed by atoms with Gasteiger partial charge in [0.1, 0.15) is 0 Å². The van der Waals surface area contributed by atoms with Crippen molar-refractivity contribution in [2.75, 3.05) is 0 Å². The molecule has 6 aromatic carbocycles. The molecule has 6 rings (SSSR count). The molecule has 0 spiro atoms. The van der Waals surface area contributed by atoms with Gasteiger partial charge in [-0.2, -0.15) is 17.1 Å². The van der Waals surface area contributed by atoms with E-state index in [2.05, 4.69) is 104 Å². The maximum atomic E-state index is 4.57. The molecule has 6 nitrogen and oxygen atoms in total. The van der Waals surface area contributed by atoms with E-state index in [0.29, 0.717) is 0 Å². The summed E-state index contributed by atoms with van der Waals surface area (Å²) in [5, 5.41) is 13.7. The summed E-state index contributed by atoms with van der Waals surface area (Å²) in [6.07, 6.45) is 6.10. The van der Waals surface area contributed by atoms with Gasteiger partial charge in [-0.05, 0) is 37.5 Å². The van der Waals surface area contributed by atoms with Crippen molar-refractivity contribution in [1.82, 2.24) is 0 Å². The van der Waals surface area contributed by atoms with Crippen molar-refractivity contribution in [3.8, 4) is 0 Å². The van der Waals surface area contributed by atoms with E-state index in [0.717, 1.165) is 73.5 Å². The van der Waals surface area contributed by atoms with Crippen LogP contribution in [0, 0.1) is 0 Å². The molecule has 0 fully saturated rings. The van der Waals surface area contributed by atoms with Crippen molar-refractivity contribution in [3.63, 3.8) is 0 Å². The summed E-state index contributed by atoms with van der Waals surface area (Å²) in [6, 6.07) is 61.7. The first-order chi connectivity index (χ1) is 30.7. The minimum atomic E-state index is 0. The van der Waals surface area contributed by atoms with Gasteiger partial charge >= 0.3 is 17.4 Å². The van der Waals surface area contributed by atoms with Gasteiger partial charge in [0.15, 0.2) is 0 Å². The SMILES string of the molecule is CC(/C=C(/C)[N-]Cc1ccccc1)=NCc1ccccc1.CC(/C=C(/C)[N-]Cc1ccccc1)=NCc1ccccc1.CC(/C=C(/C)[N-]Cc1ccccc1)=NCc1ccccc1.[Cr+3]. The Kier molecular flexibility index (Phi) is 25.4. The summed E-state index contributed by atoms with van der Waals surface area (Å²) in [5.41, 5.74) is 13.4. The Morgan fingerprint density at radius 3 is 0.703 bits per heavy atom. The van der Waals surface area contributed by atoms with Crippen LogP contribution in [0.4, 0.5) is 0 Å². The topological polar surface area (TPSA) is 79.4 Å². The van der Waals surface area contributed by atoms with Crippen LogP contribution in [0.3, 0.4) is 0 Å². The van der Waals surface area contributed by atoms with Crippen LogP contribution in [-0.2, 0) is 56.6 Å². The van der Waals surface area contributed by atoms with Crippen LogP contribution in [-0.4, -0.2) is 17.1 Å². The molecule has 0 aromatic heterocycles. The average molecular weight is 884 g/mol. The Morgan fingerprint density at radius 2 is 0.500 bits per heavy atom. The molecule has 0 N–H and O–H groups in total. The maximum Gasteiger partial charge on any atom is 3.00 e. The van der Waals surface area contributed by atoms with E-state index in [9.17, 15) is 0 Å². The molecule has 0 unspecified atom stereocenters. The summed E-state index contributed by atoms with van der Waals surface area (Å²) in [5.74, 6) is 0. The van der Waals surface area contributed by atoms with Gasteiger partial charge in [0, 0.05) is 17.1 Å². The van der Waals surface area contributed by atoms with E-state index in [1.54, 1.807) is 0 Å². The molecule has 0 aliphatic carbocycles. The second kappa shape index (κ2) is 31.3. The zero-order valence-electron chi connectivity index (χ0n) is 38.4. The van der Waals surface area contributed by atoms with E-state index in [1.807, 2.05) is 169 Å². The van der Waals surface area contributed by atoms with Gasteiger partial charge in [-0.1, -0.05) is 238 Å². The molecule has 1 radical (unpaired) electrons. The number of hydrogen-bond acceptors (Lipinski definition) is 3. The normalized spacial score (nSPS) is 12.1. The van der Waals surface area contributed by atoms with Crippen LogP contribution in [0.1, 0.15) is 74.9 Å². The van der Waals surface area contributed by atoms with Crippen LogP contribution in [0.15, 0.2) is 232 Å². The minimum Gasteiger partial charge on any atom is -0.684 e. The Hall–Kier alpha value is -6.52. The third-order valence-corrected chi connectivity index (χ3v) is 9.38. The summed E-state index contributed by atoms with van der Waals surface area (Å²) < 4.78 is 0. The number of hydrogen-bond donors (Lipinski definition) is 0. The Bertz CT molecular complexity index is 2070. The predicted octanol–water partition coefficient (Wildman–Crippen LogP) is 15.4. The van der Waals surface area contributed by atoms with Crippen LogP contribution < -0.4 is 0 Å². The third-order valence-electron chi connectivity index (χ3n) is 9.38. The molecular formula is C57H63CrN6. The Balaban J connectivity index is 0.000000253. The van der Waals surface area contributed by atoms with Gasteiger partial charge < -0.3 is 16.0 Å². The number of rotatable bonds is 18. The Morgan fingerprint density at radius 1 is 0.312 bits per heavy atom. The van der Waals surface area contributed by atoms with Gasteiger partial charge in [-0.3, -0.25) is 15.0 Å². The van der Waals surface area contributed by atoms with Crippen LogP contribution in [0.5, 0.6) is 0 Å². The maximum absolute atomic E-state index is 4.57. The molecular weight excluding hydrogens is 821 g/mol. The monoisotopic (exact) mass is 883 g/mol. The van der Waals surface area contributed by atoms with Crippen molar-refractivity contribution in [2.24, 2.45) is 15.0 Å². The fourth-order valence-electron chi connectivity index (χ4n) is 5.98. The van der Waals surface area contributed by atoms with E-state index in [4.69, 9.17) is 0 Å². The number of nitrogens with zero attached hydrogens (tertiary/aromatic N) is 6. The average Bonchev–Trinajstić information content (AvgIpc) is 3.32. The molecule has 0 heterocycles. The molecule has 64 heavy (non-hydrogen) atoms. The van der Waals surface area contributed by atoms with Crippen molar-refractivity contribution < 1.29 is 17.4 Å². The van der Waals surface area contributed by atoms with E-state index < -0.39 is 0 Å². The van der Waals surface area contributed by atoms with E-state index in [-0.39, 0.29) is 17.4 Å². The molecule has 0 aliphatic heterocycles. The molecule has 327 valence electrons. The summed E-state index contributed by atoms with van der Waals surface area (Å²) in [4.78, 5) is 13.7. The number of aliphatic imine (C=N–C) groups is 3. The van der Waals surface area contributed by atoms with Crippen LogP contribution >= 0.6 is 0 Å². The quantitative estimate of drug-likeness (QED) is 0.0771. The first-order valence-electron chi connectivity index (χ1n) is 21.6. The van der Waals surface area contributed by atoms with Gasteiger partial charge in [0.25, 0.3) is 0 Å². The van der Waals surface area contributed by atoms with Crippen molar-refractivity contribution in [3.05, 3.63) is 267 Å². The van der Waals surface area contributed by atoms with E-state index >= 15 is 0 Å². The molecule has 0 saturated heterocycles. The second-order valence-corrected chi connectivity index (χ2v) is 15.1. The second-order valence-electron chi connectivity index (χ2n) is 15.1. The van der Waals surface area contributed by atoms with Gasteiger partial charge in [0.2, 0.25) is 0 Å². The minimum absolute atomic E-state index is 0. The fourth-order valence-corrected chi connectivity index (χ4v) is 5.98. The van der Waals surface area contributed by atoms with Crippen molar-refractivity contribution >= 4 is 17.1 Å². The summed E-state index contributed by atoms with van der Waals surface area (Å²) >= 11 is 0.